The molecule has 3 nitrogen and oxygen atoms in total. The number of benzene rings is 2. The maximum Gasteiger partial charge on any atom is 0.394 e. The van der Waals surface area contributed by atoms with Gasteiger partial charge in [0.25, 0.3) is 0 Å². The summed E-state index contributed by atoms with van der Waals surface area (Å²) in [4.78, 5) is 11.4. The molecule has 0 heterocycles. The second-order valence-corrected chi connectivity index (χ2v) is 23.1. The summed E-state index contributed by atoms with van der Waals surface area (Å²) in [6, 6.07) is 9.32. The van der Waals surface area contributed by atoms with E-state index in [0.717, 1.165) is 31.4 Å². The minimum absolute atomic E-state index is 0.0674. The third-order valence-corrected chi connectivity index (χ3v) is 11.3. The first kappa shape index (κ1) is 47.7. The molecule has 0 aromatic heterocycles. The summed E-state index contributed by atoms with van der Waals surface area (Å²) in [5.74, 6) is 0.751. The predicted octanol–water partition coefficient (Wildman–Crippen LogP) is 16.2. The first-order valence-corrected chi connectivity index (χ1v) is 22.4. The molecule has 2 aromatic rings. The molecule has 304 valence electrons. The van der Waals surface area contributed by atoms with Crippen LogP contribution in [0.25, 0.3) is 11.1 Å². The van der Waals surface area contributed by atoms with E-state index in [4.69, 9.17) is 9.05 Å². The number of aryl methyl sites for hydroxylation is 1. The van der Waals surface area contributed by atoms with Crippen molar-refractivity contribution in [3.63, 3.8) is 0 Å². The van der Waals surface area contributed by atoms with Gasteiger partial charge < -0.3 is 13.9 Å². The van der Waals surface area contributed by atoms with Crippen LogP contribution in [0.4, 0.5) is 0 Å². The summed E-state index contributed by atoms with van der Waals surface area (Å²) >= 11 is 0. The van der Waals surface area contributed by atoms with Crippen molar-refractivity contribution >= 4 is 8.60 Å². The Morgan fingerprint density at radius 3 is 1.42 bits per heavy atom. The molecule has 1 N–H and O–H groups in total. The first-order valence-electron chi connectivity index (χ1n) is 21.2. The lowest BCUT2D eigenvalue weighted by Crippen LogP contribution is -2.31. The summed E-state index contributed by atoms with van der Waals surface area (Å²) in [7, 11) is -2.10. The molecule has 0 spiro atoms. The van der Waals surface area contributed by atoms with Gasteiger partial charge in [0, 0.05) is 5.56 Å². The van der Waals surface area contributed by atoms with E-state index in [2.05, 4.69) is 149 Å². The number of hydrogen-bond donors (Lipinski definition) is 1. The quantitative estimate of drug-likeness (QED) is 0.115. The summed E-state index contributed by atoms with van der Waals surface area (Å²) < 4.78 is 12.7. The molecule has 0 aliphatic carbocycles. The van der Waals surface area contributed by atoms with Gasteiger partial charge in [0.2, 0.25) is 0 Å². The molecule has 4 heteroatoms. The van der Waals surface area contributed by atoms with E-state index in [9.17, 15) is 4.89 Å². The third-order valence-electron chi connectivity index (χ3n) is 10.5. The van der Waals surface area contributed by atoms with Crippen LogP contribution in [0.5, 0.6) is 5.75 Å². The average Bonchev–Trinajstić information content (AvgIpc) is 2.95. The van der Waals surface area contributed by atoms with E-state index in [0.29, 0.717) is 6.61 Å². The maximum atomic E-state index is 11.4. The third kappa shape index (κ3) is 15.2. The van der Waals surface area contributed by atoms with Crippen molar-refractivity contribution < 1.29 is 13.9 Å². The highest BCUT2D eigenvalue weighted by atomic mass is 31.2. The van der Waals surface area contributed by atoms with Crippen LogP contribution in [0.15, 0.2) is 24.3 Å². The fourth-order valence-electron chi connectivity index (χ4n) is 9.07. The summed E-state index contributed by atoms with van der Waals surface area (Å²) in [5.41, 5.74) is 8.78. The van der Waals surface area contributed by atoms with Crippen LogP contribution in [0.1, 0.15) is 223 Å². The van der Waals surface area contributed by atoms with Crippen LogP contribution >= 0.6 is 8.60 Å². The molecule has 53 heavy (non-hydrogen) atoms. The standard InChI is InChI=1S/C49H85O3P/c1-19-20-21-22-23-24-25-26-27-28-31-51-53(50)52-40-30-29-37(48(15,16)34-44(3,4)5)42(43(40)49(17,18)35-45(6,7)8)41-38(46(9,10)11)32-36(2)33-39(41)47(12,13)14/h29-30,32-33,50H,19-28,31,34-35H2,1-18H3. The van der Waals surface area contributed by atoms with Gasteiger partial charge in [-0.2, -0.15) is 0 Å². The second-order valence-electron chi connectivity index (χ2n) is 22.2. The lowest BCUT2D eigenvalue weighted by Gasteiger charge is -2.42. The molecule has 0 fully saturated rings. The van der Waals surface area contributed by atoms with Gasteiger partial charge in [-0.05, 0) is 92.6 Å². The van der Waals surface area contributed by atoms with Crippen LogP contribution in [0, 0.1) is 17.8 Å². The number of hydrogen-bond acceptors (Lipinski definition) is 3. The molecule has 0 radical (unpaired) electrons. The van der Waals surface area contributed by atoms with Gasteiger partial charge in [-0.25, -0.2) is 0 Å². The molecular formula is C49H85O3P. The van der Waals surface area contributed by atoms with Crippen LogP contribution in [0.3, 0.4) is 0 Å². The Morgan fingerprint density at radius 1 is 0.547 bits per heavy atom. The highest BCUT2D eigenvalue weighted by Gasteiger charge is 2.40. The largest absolute Gasteiger partial charge is 0.427 e. The molecule has 2 rings (SSSR count). The van der Waals surface area contributed by atoms with Crippen molar-refractivity contribution in [2.75, 3.05) is 6.61 Å². The normalized spacial score (nSPS) is 14.2. The molecule has 0 aliphatic heterocycles. The second kappa shape index (κ2) is 19.2. The monoisotopic (exact) mass is 753 g/mol. The number of rotatable bonds is 19. The summed E-state index contributed by atoms with van der Waals surface area (Å²) in [6.45, 7) is 42.9. The van der Waals surface area contributed by atoms with E-state index in [1.165, 1.54) is 90.3 Å². The molecule has 0 amide bonds. The lowest BCUT2D eigenvalue weighted by atomic mass is 9.63. The highest BCUT2D eigenvalue weighted by molar-refractivity contribution is 7.41. The van der Waals surface area contributed by atoms with E-state index in [1.807, 2.05) is 0 Å². The van der Waals surface area contributed by atoms with E-state index in [1.54, 1.807) is 0 Å². The minimum atomic E-state index is -2.10. The minimum Gasteiger partial charge on any atom is -0.427 e. The molecule has 0 saturated heterocycles. The van der Waals surface area contributed by atoms with Gasteiger partial charge in [-0.15, -0.1) is 0 Å². The number of unbranched alkanes of at least 4 members (excludes halogenated alkanes) is 9. The van der Waals surface area contributed by atoms with Crippen LogP contribution in [0.2, 0.25) is 0 Å². The van der Waals surface area contributed by atoms with Crippen molar-refractivity contribution in [2.45, 2.75) is 223 Å². The Hall–Kier alpha value is -1.41. The summed E-state index contributed by atoms with van der Waals surface area (Å²) in [5, 5.41) is 0. The van der Waals surface area contributed by atoms with Crippen molar-refractivity contribution in [3.05, 3.63) is 52.1 Å². The summed E-state index contributed by atoms with van der Waals surface area (Å²) in [6.07, 6.45) is 14.7. The SMILES string of the molecule is CCCCCCCCCCCCOP(O)Oc1ccc(C(C)(C)CC(C)(C)C)c(-c2c(C(C)(C)C)cc(C)cc2C(C)(C)C)c1C(C)(C)CC(C)(C)C. The Bertz CT molecular complexity index is 1390. The average molecular weight is 753 g/mol. The van der Waals surface area contributed by atoms with Gasteiger partial charge >= 0.3 is 8.60 Å². The molecule has 1 atom stereocenters. The van der Waals surface area contributed by atoms with Crippen molar-refractivity contribution in [1.82, 2.24) is 0 Å². The fourth-order valence-corrected chi connectivity index (χ4v) is 9.73. The molecule has 0 aliphatic rings. The molecule has 1 unspecified atom stereocenters. The van der Waals surface area contributed by atoms with Crippen LogP contribution in [-0.2, 0) is 26.2 Å². The van der Waals surface area contributed by atoms with E-state index in [-0.39, 0.29) is 32.5 Å². The van der Waals surface area contributed by atoms with Gasteiger partial charge in [0.1, 0.15) is 5.75 Å². The fraction of sp³-hybridized carbons (Fsp3) is 0.755. The topological polar surface area (TPSA) is 38.7 Å². The molecule has 0 saturated carbocycles. The van der Waals surface area contributed by atoms with E-state index >= 15 is 0 Å². The lowest BCUT2D eigenvalue weighted by molar-refractivity contribution is 0.248. The Balaban J connectivity index is 2.79. The zero-order chi connectivity index (χ0) is 40.6. The molecule has 0 bridgehead atoms. The highest BCUT2D eigenvalue weighted by Crippen LogP contribution is 2.55. The molecular weight excluding hydrogens is 668 g/mol. The van der Waals surface area contributed by atoms with Crippen molar-refractivity contribution in [1.29, 1.82) is 0 Å². The van der Waals surface area contributed by atoms with Gasteiger partial charge in [0.05, 0.1) is 6.61 Å². The Morgan fingerprint density at radius 2 is 0.981 bits per heavy atom. The van der Waals surface area contributed by atoms with Crippen molar-refractivity contribution in [3.8, 4) is 16.9 Å². The van der Waals surface area contributed by atoms with Crippen molar-refractivity contribution in [2.24, 2.45) is 10.8 Å². The Kier molecular flexibility index (Phi) is 17.3. The van der Waals surface area contributed by atoms with Crippen LogP contribution < -0.4 is 4.52 Å². The zero-order valence-corrected chi connectivity index (χ0v) is 39.1. The molecule has 2 aromatic carbocycles. The van der Waals surface area contributed by atoms with Gasteiger partial charge in [-0.3, -0.25) is 0 Å². The predicted molar refractivity (Wildman–Crippen MR) is 236 cm³/mol. The zero-order valence-electron chi connectivity index (χ0n) is 38.2. The smallest absolute Gasteiger partial charge is 0.394 e. The maximum absolute atomic E-state index is 11.4. The van der Waals surface area contributed by atoms with Crippen LogP contribution in [-0.4, -0.2) is 11.5 Å². The Labute approximate surface area is 331 Å². The first-order chi connectivity index (χ1) is 24.1. The van der Waals surface area contributed by atoms with Gasteiger partial charge in [-0.1, -0.05) is 199 Å². The van der Waals surface area contributed by atoms with E-state index < -0.39 is 8.60 Å². The van der Waals surface area contributed by atoms with Gasteiger partial charge in [0.15, 0.2) is 0 Å².